The van der Waals surface area contributed by atoms with Crippen LogP contribution >= 0.6 is 11.6 Å². The van der Waals surface area contributed by atoms with Crippen molar-refractivity contribution in [1.82, 2.24) is 9.55 Å². The SMILES string of the molecule is CC.CCCC(F)CCC(C)C.COc1ccc(-n2cc(Cl)c3cc(C(C)=O)cnc32)cc1. The van der Waals surface area contributed by atoms with Crippen LogP contribution in [0.1, 0.15) is 77.6 Å². The Morgan fingerprint density at radius 1 is 1.15 bits per heavy atom. The normalized spacial score (nSPS) is 11.3. The zero-order valence-corrected chi connectivity index (χ0v) is 21.7. The number of carbonyl (C=O) groups is 1. The molecule has 0 radical (unpaired) electrons. The second-order valence-corrected chi connectivity index (χ2v) is 8.46. The third-order valence-electron chi connectivity index (χ3n) is 5.01. The fourth-order valence-electron chi connectivity index (χ4n) is 3.17. The molecule has 2 heterocycles. The number of alkyl halides is 1. The van der Waals surface area contributed by atoms with Crippen molar-refractivity contribution in [3.63, 3.8) is 0 Å². The summed E-state index contributed by atoms with van der Waals surface area (Å²) in [7, 11) is 1.63. The van der Waals surface area contributed by atoms with Gasteiger partial charge in [0.05, 0.1) is 12.1 Å². The van der Waals surface area contributed by atoms with Crippen LogP contribution in [0.15, 0.2) is 42.7 Å². The van der Waals surface area contributed by atoms with Crippen LogP contribution < -0.4 is 4.74 Å². The molecule has 0 aliphatic rings. The lowest BCUT2D eigenvalue weighted by Gasteiger charge is -2.07. The molecule has 0 saturated carbocycles. The van der Waals surface area contributed by atoms with Gasteiger partial charge in [-0.1, -0.05) is 52.6 Å². The van der Waals surface area contributed by atoms with E-state index >= 15 is 0 Å². The number of ketones is 1. The van der Waals surface area contributed by atoms with E-state index in [9.17, 15) is 9.18 Å². The molecule has 1 aromatic carbocycles. The fraction of sp³-hybridized carbons (Fsp3) is 0.481. The van der Waals surface area contributed by atoms with E-state index in [1.165, 1.54) is 6.92 Å². The number of nitrogens with zero attached hydrogens (tertiary/aromatic N) is 2. The van der Waals surface area contributed by atoms with Crippen molar-refractivity contribution in [1.29, 1.82) is 0 Å². The van der Waals surface area contributed by atoms with Gasteiger partial charge in [-0.3, -0.25) is 9.36 Å². The lowest BCUT2D eigenvalue weighted by atomic mass is 10.0. The van der Waals surface area contributed by atoms with Crippen LogP contribution in [0.4, 0.5) is 4.39 Å². The number of benzene rings is 1. The molecule has 1 atom stereocenters. The molecular formula is C27H38ClFN2O2. The second-order valence-electron chi connectivity index (χ2n) is 8.05. The summed E-state index contributed by atoms with van der Waals surface area (Å²) < 4.78 is 19.8. The van der Waals surface area contributed by atoms with Crippen LogP contribution in [0.5, 0.6) is 5.75 Å². The van der Waals surface area contributed by atoms with Crippen LogP contribution in [0, 0.1) is 5.92 Å². The van der Waals surface area contributed by atoms with E-state index < -0.39 is 6.17 Å². The van der Waals surface area contributed by atoms with Gasteiger partial charge in [0.25, 0.3) is 0 Å². The van der Waals surface area contributed by atoms with Crippen molar-refractivity contribution in [2.24, 2.45) is 5.92 Å². The van der Waals surface area contributed by atoms with Crippen LogP contribution in [0.2, 0.25) is 5.02 Å². The highest BCUT2D eigenvalue weighted by Gasteiger charge is 2.12. The van der Waals surface area contributed by atoms with E-state index in [1.807, 2.05) is 49.6 Å². The predicted octanol–water partition coefficient (Wildman–Crippen LogP) is 8.48. The van der Waals surface area contributed by atoms with Gasteiger partial charge in [-0.2, -0.15) is 0 Å². The van der Waals surface area contributed by atoms with E-state index in [-0.39, 0.29) is 5.78 Å². The van der Waals surface area contributed by atoms with Gasteiger partial charge in [-0.05, 0) is 62.4 Å². The number of hydrogen-bond acceptors (Lipinski definition) is 3. The van der Waals surface area contributed by atoms with Crippen molar-refractivity contribution in [2.45, 2.75) is 73.4 Å². The van der Waals surface area contributed by atoms with Crippen LogP contribution in [0.3, 0.4) is 0 Å². The Bertz CT molecular complexity index is 984. The summed E-state index contributed by atoms with van der Waals surface area (Å²) in [4.78, 5) is 15.8. The minimum atomic E-state index is -0.549. The molecule has 0 bridgehead atoms. The molecule has 33 heavy (non-hydrogen) atoms. The summed E-state index contributed by atoms with van der Waals surface area (Å²) in [5, 5.41) is 1.33. The maximum absolute atomic E-state index is 12.8. The molecule has 1 unspecified atom stereocenters. The van der Waals surface area contributed by atoms with Crippen molar-refractivity contribution in [3.05, 3.63) is 53.3 Å². The summed E-state index contributed by atoms with van der Waals surface area (Å²) in [5.74, 6) is 1.40. The van der Waals surface area contributed by atoms with Gasteiger partial charge in [-0.25, -0.2) is 9.37 Å². The number of fused-ring (bicyclic) bond motifs is 1. The Kier molecular flexibility index (Phi) is 12.7. The molecule has 0 saturated heterocycles. The number of ether oxygens (including phenoxy) is 1. The zero-order chi connectivity index (χ0) is 25.0. The minimum absolute atomic E-state index is 0.0299. The number of rotatable bonds is 8. The Labute approximate surface area is 203 Å². The summed E-state index contributed by atoms with van der Waals surface area (Å²) in [6.45, 7) is 11.8. The smallest absolute Gasteiger partial charge is 0.161 e. The summed E-state index contributed by atoms with van der Waals surface area (Å²) in [5.41, 5.74) is 2.20. The molecular weight excluding hydrogens is 439 g/mol. The lowest BCUT2D eigenvalue weighted by Crippen LogP contribution is -2.01. The van der Waals surface area contributed by atoms with Gasteiger partial charge < -0.3 is 4.74 Å². The van der Waals surface area contributed by atoms with Gasteiger partial charge in [0.15, 0.2) is 5.78 Å². The molecule has 182 valence electrons. The number of aromatic nitrogens is 2. The molecule has 0 N–H and O–H groups in total. The van der Waals surface area contributed by atoms with Gasteiger partial charge in [0, 0.05) is 29.0 Å². The average molecular weight is 477 g/mol. The number of Topliss-reactive ketones (excluding diaryl/α,β-unsaturated/α-hetero) is 1. The molecule has 3 rings (SSSR count). The minimum Gasteiger partial charge on any atom is -0.497 e. The highest BCUT2D eigenvalue weighted by Crippen LogP contribution is 2.28. The Morgan fingerprint density at radius 3 is 2.30 bits per heavy atom. The third kappa shape index (κ3) is 8.81. The average Bonchev–Trinajstić information content (AvgIpc) is 3.15. The molecule has 4 nitrogen and oxygen atoms in total. The monoisotopic (exact) mass is 476 g/mol. The molecule has 0 spiro atoms. The van der Waals surface area contributed by atoms with Crippen molar-refractivity contribution < 1.29 is 13.9 Å². The molecule has 2 aromatic heterocycles. The van der Waals surface area contributed by atoms with Crippen LogP contribution in [0.25, 0.3) is 16.7 Å². The van der Waals surface area contributed by atoms with E-state index in [1.54, 1.807) is 25.6 Å². The Morgan fingerprint density at radius 2 is 1.79 bits per heavy atom. The highest BCUT2D eigenvalue weighted by atomic mass is 35.5. The Balaban J connectivity index is 0.000000386. The zero-order valence-electron chi connectivity index (χ0n) is 21.0. The van der Waals surface area contributed by atoms with E-state index in [0.717, 1.165) is 48.2 Å². The molecule has 6 heteroatoms. The largest absolute Gasteiger partial charge is 0.497 e. The van der Waals surface area contributed by atoms with Gasteiger partial charge in [0.1, 0.15) is 17.6 Å². The van der Waals surface area contributed by atoms with Crippen LogP contribution in [-0.4, -0.2) is 28.6 Å². The highest BCUT2D eigenvalue weighted by molar-refractivity contribution is 6.35. The number of hydrogen-bond donors (Lipinski definition) is 0. The molecule has 3 aromatic rings. The first-order chi connectivity index (χ1) is 15.8. The maximum Gasteiger partial charge on any atom is 0.161 e. The van der Waals surface area contributed by atoms with Crippen molar-refractivity contribution in [2.75, 3.05) is 7.11 Å². The van der Waals surface area contributed by atoms with E-state index in [0.29, 0.717) is 16.5 Å². The topological polar surface area (TPSA) is 44.1 Å². The van der Waals surface area contributed by atoms with Crippen LogP contribution in [-0.2, 0) is 0 Å². The summed E-state index contributed by atoms with van der Waals surface area (Å²) in [6, 6.07) is 9.37. The number of halogens is 2. The fourth-order valence-corrected chi connectivity index (χ4v) is 3.41. The third-order valence-corrected chi connectivity index (χ3v) is 5.31. The van der Waals surface area contributed by atoms with E-state index in [4.69, 9.17) is 16.3 Å². The number of carbonyl (C=O) groups excluding carboxylic acids is 1. The summed E-state index contributed by atoms with van der Waals surface area (Å²) >= 11 is 6.27. The Hall–Kier alpha value is -2.40. The van der Waals surface area contributed by atoms with Gasteiger partial charge in [-0.15, -0.1) is 0 Å². The predicted molar refractivity (Wildman–Crippen MR) is 138 cm³/mol. The van der Waals surface area contributed by atoms with Crippen molar-refractivity contribution >= 4 is 28.4 Å². The van der Waals surface area contributed by atoms with Gasteiger partial charge >= 0.3 is 0 Å². The maximum atomic E-state index is 12.8. The van der Waals surface area contributed by atoms with Crippen molar-refractivity contribution in [3.8, 4) is 11.4 Å². The molecule has 0 amide bonds. The first-order valence-corrected chi connectivity index (χ1v) is 12.1. The van der Waals surface area contributed by atoms with E-state index in [2.05, 4.69) is 18.8 Å². The van der Waals surface area contributed by atoms with Gasteiger partial charge in [0.2, 0.25) is 0 Å². The number of pyridine rings is 1. The molecule has 0 fully saturated rings. The quantitative estimate of drug-likeness (QED) is 0.306. The second kappa shape index (κ2) is 14.7. The summed E-state index contributed by atoms with van der Waals surface area (Å²) in [6.07, 6.45) is 6.32. The lowest BCUT2D eigenvalue weighted by molar-refractivity contribution is 0.101. The molecule has 0 aliphatic heterocycles. The molecule has 0 aliphatic carbocycles. The number of methoxy groups -OCH3 is 1. The first-order valence-electron chi connectivity index (χ1n) is 11.7. The first kappa shape index (κ1) is 28.6. The standard InChI is InChI=1S/C16H13ClN2O2.C9H19F.C2H6/c1-10(20)11-7-14-15(17)9-19(16(14)18-8-11)12-3-5-13(21-2)6-4-12;1-4-5-9(10)7-6-8(2)3;1-2/h3-9H,1-2H3;8-9H,4-7H2,1-3H3;1-2H3.